The van der Waals surface area contributed by atoms with Gasteiger partial charge in [-0.25, -0.2) is 23.3 Å². The fourth-order valence-electron chi connectivity index (χ4n) is 2.80. The first-order valence-electron chi connectivity index (χ1n) is 7.47. The van der Waals surface area contributed by atoms with E-state index >= 15 is 0 Å². The van der Waals surface area contributed by atoms with E-state index in [9.17, 15) is 18.4 Å². The van der Waals surface area contributed by atoms with Gasteiger partial charge in [-0.1, -0.05) is 0 Å². The van der Waals surface area contributed by atoms with Gasteiger partial charge in [-0.15, -0.1) is 0 Å². The molecule has 5 nitrogen and oxygen atoms in total. The van der Waals surface area contributed by atoms with Crippen LogP contribution in [-0.4, -0.2) is 53.8 Å². The molecule has 1 aromatic rings. The second-order valence-electron chi connectivity index (χ2n) is 5.47. The molecule has 1 N–H and O–H groups in total. The Morgan fingerprint density at radius 1 is 1.26 bits per heavy atom. The average Bonchev–Trinajstić information content (AvgIpc) is 2.82. The Morgan fingerprint density at radius 2 is 2.09 bits per heavy atom. The van der Waals surface area contributed by atoms with Crippen molar-refractivity contribution >= 4 is 23.8 Å². The van der Waals surface area contributed by atoms with Gasteiger partial charge in [0.05, 0.1) is 0 Å². The van der Waals surface area contributed by atoms with E-state index in [-0.39, 0.29) is 17.3 Å². The number of rotatable bonds is 1. The molecular formula is C15H17F2N3O2S. The third-order valence-corrected chi connectivity index (χ3v) is 5.31. The fourth-order valence-corrected chi connectivity index (χ4v) is 4.04. The van der Waals surface area contributed by atoms with Gasteiger partial charge < -0.3 is 10.2 Å². The van der Waals surface area contributed by atoms with Gasteiger partial charge in [0.1, 0.15) is 11.6 Å². The van der Waals surface area contributed by atoms with Crippen LogP contribution in [0, 0.1) is 11.6 Å². The maximum absolute atomic E-state index is 13.9. The van der Waals surface area contributed by atoms with E-state index < -0.39 is 11.6 Å². The summed E-state index contributed by atoms with van der Waals surface area (Å²) in [5.41, 5.74) is 0.336. The standard InChI is InChI=1S/C15H17F2N3O2S/c16-10-1-2-12(17)11(9-10)13-3-5-19(7-8-23-13)15(22)20-6-4-18-14(20)21/h1-2,9,13H,3-8H2,(H,18,21). The summed E-state index contributed by atoms with van der Waals surface area (Å²) in [4.78, 5) is 26.8. The minimum Gasteiger partial charge on any atom is -0.336 e. The van der Waals surface area contributed by atoms with E-state index in [2.05, 4.69) is 5.32 Å². The Bertz CT molecular complexity index is 629. The number of halogens is 2. The van der Waals surface area contributed by atoms with Crippen LogP contribution in [-0.2, 0) is 0 Å². The molecule has 4 amide bonds. The van der Waals surface area contributed by atoms with Crippen molar-refractivity contribution in [3.8, 4) is 0 Å². The number of imide groups is 1. The second-order valence-corrected chi connectivity index (χ2v) is 6.78. The van der Waals surface area contributed by atoms with Crippen LogP contribution in [0.3, 0.4) is 0 Å². The van der Waals surface area contributed by atoms with Gasteiger partial charge in [-0.3, -0.25) is 0 Å². The number of thioether (sulfide) groups is 1. The summed E-state index contributed by atoms with van der Waals surface area (Å²) in [6.07, 6.45) is 0.520. The molecule has 0 radical (unpaired) electrons. The lowest BCUT2D eigenvalue weighted by Crippen LogP contribution is -2.45. The van der Waals surface area contributed by atoms with Crippen molar-refractivity contribution in [2.24, 2.45) is 0 Å². The van der Waals surface area contributed by atoms with Gasteiger partial charge in [0.15, 0.2) is 0 Å². The minimum absolute atomic E-state index is 0.198. The summed E-state index contributed by atoms with van der Waals surface area (Å²) in [5.74, 6) is -0.280. The van der Waals surface area contributed by atoms with E-state index in [1.165, 1.54) is 22.7 Å². The van der Waals surface area contributed by atoms with E-state index in [1.807, 2.05) is 0 Å². The highest BCUT2D eigenvalue weighted by atomic mass is 32.2. The Labute approximate surface area is 137 Å². The maximum atomic E-state index is 13.9. The van der Waals surface area contributed by atoms with Crippen LogP contribution in [0.4, 0.5) is 18.4 Å². The molecule has 0 bridgehead atoms. The molecule has 0 aromatic heterocycles. The van der Waals surface area contributed by atoms with Crippen LogP contribution in [0.25, 0.3) is 0 Å². The molecule has 3 rings (SSSR count). The quantitative estimate of drug-likeness (QED) is 0.854. The number of carbonyl (C=O) groups excluding carboxylic acids is 2. The number of nitrogens with one attached hydrogen (secondary N) is 1. The zero-order valence-electron chi connectivity index (χ0n) is 12.4. The smallest absolute Gasteiger partial charge is 0.328 e. The number of urea groups is 2. The number of benzene rings is 1. The van der Waals surface area contributed by atoms with Crippen LogP contribution in [0.5, 0.6) is 0 Å². The van der Waals surface area contributed by atoms with Crippen molar-refractivity contribution in [2.45, 2.75) is 11.7 Å². The highest BCUT2D eigenvalue weighted by Crippen LogP contribution is 2.36. The van der Waals surface area contributed by atoms with Crippen molar-refractivity contribution in [3.05, 3.63) is 35.4 Å². The third kappa shape index (κ3) is 3.41. The fraction of sp³-hybridized carbons (Fsp3) is 0.467. The zero-order valence-corrected chi connectivity index (χ0v) is 13.2. The molecule has 0 aliphatic carbocycles. The first-order valence-corrected chi connectivity index (χ1v) is 8.52. The van der Waals surface area contributed by atoms with Crippen molar-refractivity contribution in [3.63, 3.8) is 0 Å². The van der Waals surface area contributed by atoms with E-state index in [1.54, 1.807) is 4.90 Å². The predicted octanol–water partition coefficient (Wildman–Crippen LogP) is 2.59. The van der Waals surface area contributed by atoms with Crippen LogP contribution >= 0.6 is 11.8 Å². The molecule has 1 atom stereocenters. The molecule has 2 aliphatic rings. The molecule has 2 heterocycles. The number of hydrogen-bond donors (Lipinski definition) is 1. The summed E-state index contributed by atoms with van der Waals surface area (Å²) in [7, 11) is 0. The first-order chi connectivity index (χ1) is 11.1. The molecule has 124 valence electrons. The largest absolute Gasteiger partial charge is 0.336 e. The number of hydrogen-bond acceptors (Lipinski definition) is 3. The van der Waals surface area contributed by atoms with Gasteiger partial charge in [0.2, 0.25) is 0 Å². The monoisotopic (exact) mass is 341 g/mol. The van der Waals surface area contributed by atoms with Gasteiger partial charge in [-0.05, 0) is 24.6 Å². The Hall–Kier alpha value is -1.83. The normalized spacial score (nSPS) is 22.0. The molecule has 23 heavy (non-hydrogen) atoms. The Morgan fingerprint density at radius 3 is 2.83 bits per heavy atom. The lowest BCUT2D eigenvalue weighted by atomic mass is 10.1. The van der Waals surface area contributed by atoms with Crippen LogP contribution in [0.1, 0.15) is 17.2 Å². The van der Waals surface area contributed by atoms with Crippen molar-refractivity contribution in [1.82, 2.24) is 15.1 Å². The molecule has 1 aromatic carbocycles. The molecule has 1 unspecified atom stereocenters. The van der Waals surface area contributed by atoms with Crippen LogP contribution < -0.4 is 5.32 Å². The molecule has 2 aliphatic heterocycles. The average molecular weight is 341 g/mol. The minimum atomic E-state index is -0.465. The number of nitrogens with zero attached hydrogens (tertiary/aromatic N) is 2. The lowest BCUT2D eigenvalue weighted by Gasteiger charge is -2.24. The predicted molar refractivity (Wildman–Crippen MR) is 83.2 cm³/mol. The Balaban J connectivity index is 1.68. The van der Waals surface area contributed by atoms with E-state index in [0.717, 1.165) is 12.1 Å². The van der Waals surface area contributed by atoms with Crippen molar-refractivity contribution < 1.29 is 18.4 Å². The molecule has 2 saturated heterocycles. The van der Waals surface area contributed by atoms with Gasteiger partial charge in [0, 0.05) is 42.7 Å². The summed E-state index contributed by atoms with van der Waals surface area (Å²) >= 11 is 1.50. The SMILES string of the molecule is O=C1NCCN1C(=O)N1CCSC(c2cc(F)ccc2F)CC1. The topological polar surface area (TPSA) is 52.7 Å². The van der Waals surface area contributed by atoms with Gasteiger partial charge in [0.25, 0.3) is 0 Å². The van der Waals surface area contributed by atoms with Crippen LogP contribution in [0.15, 0.2) is 18.2 Å². The first kappa shape index (κ1) is 16.0. The van der Waals surface area contributed by atoms with E-state index in [4.69, 9.17) is 0 Å². The lowest BCUT2D eigenvalue weighted by molar-refractivity contribution is 0.166. The van der Waals surface area contributed by atoms with Crippen LogP contribution in [0.2, 0.25) is 0 Å². The van der Waals surface area contributed by atoms with Gasteiger partial charge >= 0.3 is 12.1 Å². The van der Waals surface area contributed by atoms with Crippen molar-refractivity contribution in [1.29, 1.82) is 0 Å². The highest BCUT2D eigenvalue weighted by molar-refractivity contribution is 7.99. The number of amides is 4. The highest BCUT2D eigenvalue weighted by Gasteiger charge is 2.32. The molecule has 8 heteroatoms. The maximum Gasteiger partial charge on any atom is 0.328 e. The summed E-state index contributed by atoms with van der Waals surface area (Å²) in [6.45, 7) is 1.73. The summed E-state index contributed by atoms with van der Waals surface area (Å²) in [5, 5.41) is 2.40. The van der Waals surface area contributed by atoms with Crippen molar-refractivity contribution in [2.75, 3.05) is 31.9 Å². The molecule has 2 fully saturated rings. The third-order valence-electron chi connectivity index (χ3n) is 4.00. The summed E-state index contributed by atoms with van der Waals surface area (Å²) < 4.78 is 27.3. The zero-order chi connectivity index (χ0) is 16.4. The van der Waals surface area contributed by atoms with E-state index in [0.29, 0.717) is 43.9 Å². The molecular weight excluding hydrogens is 324 g/mol. The second kappa shape index (κ2) is 6.74. The Kier molecular flexibility index (Phi) is 4.70. The molecule has 0 spiro atoms. The molecule has 0 saturated carbocycles. The number of carbonyl (C=O) groups is 2. The summed E-state index contributed by atoms with van der Waals surface area (Å²) in [6, 6.07) is 2.76. The van der Waals surface area contributed by atoms with Gasteiger partial charge in [-0.2, -0.15) is 11.8 Å².